The van der Waals surface area contributed by atoms with E-state index in [1.165, 1.54) is 30.3 Å². The molecule has 0 bridgehead atoms. The second-order valence-electron chi connectivity index (χ2n) is 7.68. The molecule has 1 atom stereocenters. The van der Waals surface area contributed by atoms with E-state index in [0.29, 0.717) is 17.4 Å². The van der Waals surface area contributed by atoms with E-state index in [1.807, 2.05) is 18.4 Å². The van der Waals surface area contributed by atoms with Gasteiger partial charge in [0, 0.05) is 5.69 Å². The molecule has 0 spiro atoms. The lowest BCUT2D eigenvalue weighted by molar-refractivity contribution is -0.120. The molecule has 3 rings (SSSR count). The monoisotopic (exact) mass is 434 g/mol. The van der Waals surface area contributed by atoms with Gasteiger partial charge in [0.15, 0.2) is 11.0 Å². The highest BCUT2D eigenvalue weighted by atomic mass is 32.2. The van der Waals surface area contributed by atoms with E-state index in [4.69, 9.17) is 5.73 Å². The number of piperidine rings is 1. The fourth-order valence-electron chi connectivity index (χ4n) is 3.44. The van der Waals surface area contributed by atoms with Crippen molar-refractivity contribution in [3.8, 4) is 5.69 Å². The molecule has 10 heteroatoms. The van der Waals surface area contributed by atoms with E-state index in [1.54, 1.807) is 12.1 Å². The number of likely N-dealkylation sites (tertiary alicyclic amines) is 1. The molecule has 0 aliphatic carbocycles. The standard InChI is InChI=1S/C20H27FN6O2S/c1-13(2)17(18(28)23-19(22)29)30-20-25-24-16(12-26-10-4-3-5-11-26)27(20)15-8-6-14(21)7-9-15/h6-9,13,17H,3-5,10-12H2,1-2H3,(H3,22,23,28,29). The molecule has 2 aromatic rings. The number of benzene rings is 1. The van der Waals surface area contributed by atoms with Gasteiger partial charge in [0.2, 0.25) is 5.91 Å². The predicted octanol–water partition coefficient (Wildman–Crippen LogP) is 2.70. The number of urea groups is 1. The number of hydrogen-bond acceptors (Lipinski definition) is 6. The van der Waals surface area contributed by atoms with Crippen molar-refractivity contribution in [3.05, 3.63) is 35.9 Å². The van der Waals surface area contributed by atoms with Crippen LogP contribution in [0.1, 0.15) is 38.9 Å². The van der Waals surface area contributed by atoms with Crippen molar-refractivity contribution in [1.29, 1.82) is 0 Å². The summed E-state index contributed by atoms with van der Waals surface area (Å²) in [6, 6.07) is 5.20. The molecule has 1 aliphatic heterocycles. The van der Waals surface area contributed by atoms with E-state index >= 15 is 0 Å². The first-order chi connectivity index (χ1) is 14.3. The smallest absolute Gasteiger partial charge is 0.318 e. The number of nitrogens with zero attached hydrogens (tertiary/aromatic N) is 4. The Morgan fingerprint density at radius 3 is 2.43 bits per heavy atom. The zero-order valence-corrected chi connectivity index (χ0v) is 18.0. The molecule has 1 aliphatic rings. The van der Waals surface area contributed by atoms with Crippen LogP contribution in [0.4, 0.5) is 9.18 Å². The molecule has 2 heterocycles. The molecule has 3 N–H and O–H groups in total. The highest BCUT2D eigenvalue weighted by Crippen LogP contribution is 2.30. The largest absolute Gasteiger partial charge is 0.351 e. The van der Waals surface area contributed by atoms with Crippen molar-refractivity contribution in [2.45, 2.75) is 50.1 Å². The van der Waals surface area contributed by atoms with Gasteiger partial charge in [-0.05, 0) is 56.1 Å². The van der Waals surface area contributed by atoms with E-state index in [2.05, 4.69) is 20.4 Å². The van der Waals surface area contributed by atoms with Crippen molar-refractivity contribution >= 4 is 23.7 Å². The number of amides is 3. The topological polar surface area (TPSA) is 106 Å². The Bertz CT molecular complexity index is 880. The van der Waals surface area contributed by atoms with Gasteiger partial charge in [-0.2, -0.15) is 0 Å². The first-order valence-electron chi connectivity index (χ1n) is 10.0. The van der Waals surface area contributed by atoms with E-state index < -0.39 is 17.2 Å². The van der Waals surface area contributed by atoms with Crippen molar-refractivity contribution in [1.82, 2.24) is 25.0 Å². The van der Waals surface area contributed by atoms with Crippen LogP contribution in [0.5, 0.6) is 0 Å². The Balaban J connectivity index is 1.93. The average Bonchev–Trinajstić information content (AvgIpc) is 3.09. The minimum absolute atomic E-state index is 0.0849. The first-order valence-corrected chi connectivity index (χ1v) is 10.9. The number of primary amides is 1. The number of nitrogens with two attached hydrogens (primary N) is 1. The number of hydrogen-bond donors (Lipinski definition) is 2. The molecule has 1 unspecified atom stereocenters. The third-order valence-electron chi connectivity index (χ3n) is 4.94. The van der Waals surface area contributed by atoms with Gasteiger partial charge < -0.3 is 5.73 Å². The summed E-state index contributed by atoms with van der Waals surface area (Å²) in [4.78, 5) is 25.9. The summed E-state index contributed by atoms with van der Waals surface area (Å²) >= 11 is 1.21. The number of carbonyl (C=O) groups excluding carboxylic acids is 2. The molecule has 8 nitrogen and oxygen atoms in total. The Labute approximate surface area is 179 Å². The Morgan fingerprint density at radius 2 is 1.83 bits per heavy atom. The van der Waals surface area contributed by atoms with Crippen LogP contribution in [0.25, 0.3) is 5.69 Å². The second-order valence-corrected chi connectivity index (χ2v) is 8.79. The van der Waals surface area contributed by atoms with Crippen LogP contribution in [0, 0.1) is 11.7 Å². The van der Waals surface area contributed by atoms with Gasteiger partial charge >= 0.3 is 6.03 Å². The van der Waals surface area contributed by atoms with Crippen molar-refractivity contribution in [2.75, 3.05) is 13.1 Å². The van der Waals surface area contributed by atoms with E-state index in [-0.39, 0.29) is 11.7 Å². The molecule has 1 fully saturated rings. The lowest BCUT2D eigenvalue weighted by Gasteiger charge is -2.26. The predicted molar refractivity (Wildman–Crippen MR) is 113 cm³/mol. The number of halogens is 1. The molecule has 1 saturated heterocycles. The molecule has 162 valence electrons. The quantitative estimate of drug-likeness (QED) is 0.649. The van der Waals surface area contributed by atoms with Gasteiger partial charge in [0.25, 0.3) is 0 Å². The van der Waals surface area contributed by atoms with Crippen LogP contribution in [-0.4, -0.2) is 49.9 Å². The van der Waals surface area contributed by atoms with Crippen LogP contribution in [-0.2, 0) is 11.3 Å². The molecule has 0 saturated carbocycles. The third-order valence-corrected chi connectivity index (χ3v) is 6.43. The minimum Gasteiger partial charge on any atom is -0.351 e. The van der Waals surface area contributed by atoms with Gasteiger partial charge in [0.05, 0.1) is 11.8 Å². The number of imide groups is 1. The Kier molecular flexibility index (Phi) is 7.43. The molecular formula is C20H27FN6O2S. The highest BCUT2D eigenvalue weighted by Gasteiger charge is 2.28. The zero-order chi connectivity index (χ0) is 21.7. The number of carbonyl (C=O) groups is 2. The summed E-state index contributed by atoms with van der Waals surface area (Å²) in [6.45, 7) is 6.37. The van der Waals surface area contributed by atoms with E-state index in [0.717, 1.165) is 31.8 Å². The molecule has 1 aromatic heterocycles. The van der Waals surface area contributed by atoms with Gasteiger partial charge in [-0.3, -0.25) is 19.6 Å². The van der Waals surface area contributed by atoms with Crippen LogP contribution < -0.4 is 11.1 Å². The van der Waals surface area contributed by atoms with Crippen LogP contribution in [0.3, 0.4) is 0 Å². The normalized spacial score (nSPS) is 15.9. The zero-order valence-electron chi connectivity index (χ0n) is 17.2. The second kappa shape index (κ2) is 10.0. The maximum Gasteiger partial charge on any atom is 0.318 e. The summed E-state index contributed by atoms with van der Waals surface area (Å²) in [6.07, 6.45) is 3.53. The summed E-state index contributed by atoms with van der Waals surface area (Å²) in [7, 11) is 0. The first kappa shape index (κ1) is 22.2. The lowest BCUT2D eigenvalue weighted by Crippen LogP contribution is -2.42. The lowest BCUT2D eigenvalue weighted by atomic mass is 10.1. The number of aromatic nitrogens is 3. The molecule has 3 amide bonds. The molecule has 0 radical (unpaired) electrons. The fourth-order valence-corrected chi connectivity index (χ4v) is 4.51. The third kappa shape index (κ3) is 5.57. The van der Waals surface area contributed by atoms with Gasteiger partial charge in [-0.25, -0.2) is 9.18 Å². The Hall–Kier alpha value is -2.46. The fraction of sp³-hybridized carbons (Fsp3) is 0.500. The number of thioether (sulfide) groups is 1. The molecule has 30 heavy (non-hydrogen) atoms. The minimum atomic E-state index is -0.892. The van der Waals surface area contributed by atoms with Crippen molar-refractivity contribution in [3.63, 3.8) is 0 Å². The van der Waals surface area contributed by atoms with Crippen LogP contribution in [0.2, 0.25) is 0 Å². The van der Waals surface area contributed by atoms with E-state index in [9.17, 15) is 14.0 Å². The maximum atomic E-state index is 13.5. The molecular weight excluding hydrogens is 407 g/mol. The summed E-state index contributed by atoms with van der Waals surface area (Å²) in [5.74, 6) is -0.171. The van der Waals surface area contributed by atoms with Gasteiger partial charge in [0.1, 0.15) is 5.82 Å². The van der Waals surface area contributed by atoms with Crippen LogP contribution >= 0.6 is 11.8 Å². The number of rotatable bonds is 7. The van der Waals surface area contributed by atoms with Crippen molar-refractivity contribution < 1.29 is 14.0 Å². The SMILES string of the molecule is CC(C)C(Sc1nnc(CN2CCCCC2)n1-c1ccc(F)cc1)C(=O)NC(N)=O. The molecule has 1 aromatic carbocycles. The van der Waals surface area contributed by atoms with Crippen LogP contribution in [0.15, 0.2) is 29.4 Å². The van der Waals surface area contributed by atoms with Crippen molar-refractivity contribution in [2.24, 2.45) is 11.7 Å². The Morgan fingerprint density at radius 1 is 1.17 bits per heavy atom. The van der Waals surface area contributed by atoms with Gasteiger partial charge in [-0.1, -0.05) is 32.0 Å². The highest BCUT2D eigenvalue weighted by molar-refractivity contribution is 8.00. The number of nitrogens with one attached hydrogen (secondary N) is 1. The summed E-state index contributed by atoms with van der Waals surface area (Å²) in [5, 5.41) is 10.8. The van der Waals surface area contributed by atoms with Gasteiger partial charge in [-0.15, -0.1) is 10.2 Å². The average molecular weight is 435 g/mol. The summed E-state index contributed by atoms with van der Waals surface area (Å²) < 4.78 is 15.3. The summed E-state index contributed by atoms with van der Waals surface area (Å²) in [5.41, 5.74) is 5.83. The maximum absolute atomic E-state index is 13.5.